The normalized spacial score (nSPS) is 9.56. The fraction of sp³-hybridized carbons (Fsp3) is 0.500. The minimum atomic E-state index is 0.734. The maximum Gasteiger partial charge on any atom is 0.158 e. The molecule has 0 fully saturated rings. The number of hydrazine groups is 1. The average Bonchev–Trinajstić information content (AvgIpc) is 2.33. The van der Waals surface area contributed by atoms with Gasteiger partial charge in [0.2, 0.25) is 0 Å². The molecule has 0 bridgehead atoms. The first kappa shape index (κ1) is 6.03. The number of nitrogen functional groups attached to an aromatic ring is 1. The Morgan fingerprint density at radius 2 is 2.67 bits per heavy atom. The van der Waals surface area contributed by atoms with Gasteiger partial charge in [-0.05, 0) is 6.92 Å². The Hall–Kier alpha value is -1.10. The van der Waals surface area contributed by atoms with Gasteiger partial charge in [-0.1, -0.05) is 5.21 Å². The van der Waals surface area contributed by atoms with E-state index >= 15 is 0 Å². The van der Waals surface area contributed by atoms with Gasteiger partial charge in [0.1, 0.15) is 0 Å². The van der Waals surface area contributed by atoms with E-state index in [1.807, 2.05) is 6.92 Å². The molecule has 9 heavy (non-hydrogen) atoms. The Kier molecular flexibility index (Phi) is 1.64. The van der Waals surface area contributed by atoms with Crippen molar-refractivity contribution < 1.29 is 0 Å². The van der Waals surface area contributed by atoms with Gasteiger partial charge in [-0.25, -0.2) is 10.5 Å². The molecule has 5 heteroatoms. The predicted molar refractivity (Wildman–Crippen MR) is 33.5 cm³/mol. The molecule has 0 aromatic carbocycles. The van der Waals surface area contributed by atoms with Gasteiger partial charge in [-0.2, -0.15) is 0 Å². The Morgan fingerprint density at radius 3 is 3.11 bits per heavy atom. The molecule has 5 nitrogen and oxygen atoms in total. The highest BCUT2D eigenvalue weighted by Gasteiger charge is 1.95. The molecule has 1 rings (SSSR count). The number of nitrogens with one attached hydrogen (secondary N) is 1. The first-order valence-electron chi connectivity index (χ1n) is 2.73. The van der Waals surface area contributed by atoms with Crippen molar-refractivity contribution in [1.82, 2.24) is 15.0 Å². The zero-order valence-electron chi connectivity index (χ0n) is 5.20. The monoisotopic (exact) mass is 127 g/mol. The van der Waals surface area contributed by atoms with Crippen LogP contribution in [0.4, 0.5) is 5.82 Å². The van der Waals surface area contributed by atoms with Gasteiger partial charge in [-0.15, -0.1) is 5.10 Å². The zero-order valence-corrected chi connectivity index (χ0v) is 5.20. The Balaban J connectivity index is 2.85. The van der Waals surface area contributed by atoms with Crippen LogP contribution in [0.1, 0.15) is 6.92 Å². The molecule has 0 unspecified atom stereocenters. The summed E-state index contributed by atoms with van der Waals surface area (Å²) >= 11 is 0. The fourth-order valence-corrected chi connectivity index (χ4v) is 0.603. The summed E-state index contributed by atoms with van der Waals surface area (Å²) in [4.78, 5) is 0. The van der Waals surface area contributed by atoms with Gasteiger partial charge in [-0.3, -0.25) is 0 Å². The summed E-state index contributed by atoms with van der Waals surface area (Å²) in [6.45, 7) is 2.75. The second-order valence-corrected chi connectivity index (χ2v) is 1.58. The van der Waals surface area contributed by atoms with Crippen molar-refractivity contribution in [3.05, 3.63) is 6.20 Å². The second kappa shape index (κ2) is 2.45. The zero-order chi connectivity index (χ0) is 6.69. The van der Waals surface area contributed by atoms with Gasteiger partial charge in [0, 0.05) is 6.54 Å². The summed E-state index contributed by atoms with van der Waals surface area (Å²) in [5.74, 6) is 5.85. The van der Waals surface area contributed by atoms with Crippen LogP contribution in [0.15, 0.2) is 6.20 Å². The molecule has 0 amide bonds. The number of anilines is 1. The number of rotatable bonds is 2. The molecule has 0 aliphatic rings. The van der Waals surface area contributed by atoms with Crippen molar-refractivity contribution in [2.24, 2.45) is 5.84 Å². The van der Waals surface area contributed by atoms with Crippen LogP contribution in [-0.4, -0.2) is 15.0 Å². The van der Waals surface area contributed by atoms with E-state index in [-0.39, 0.29) is 0 Å². The first-order chi connectivity index (χ1) is 4.38. The number of nitrogens with two attached hydrogens (primary N) is 1. The van der Waals surface area contributed by atoms with Crippen molar-refractivity contribution in [3.63, 3.8) is 0 Å². The van der Waals surface area contributed by atoms with Crippen molar-refractivity contribution in [3.8, 4) is 0 Å². The average molecular weight is 127 g/mol. The predicted octanol–water partition coefficient (Wildman–Crippen LogP) is -0.416. The molecular weight excluding hydrogens is 118 g/mol. The number of nitrogens with zero attached hydrogens (tertiary/aromatic N) is 3. The van der Waals surface area contributed by atoms with E-state index in [1.54, 1.807) is 10.9 Å². The van der Waals surface area contributed by atoms with Crippen LogP contribution < -0.4 is 11.3 Å². The van der Waals surface area contributed by atoms with Crippen molar-refractivity contribution in [2.45, 2.75) is 13.5 Å². The van der Waals surface area contributed by atoms with Crippen molar-refractivity contribution in [1.29, 1.82) is 0 Å². The van der Waals surface area contributed by atoms with Gasteiger partial charge in [0.05, 0.1) is 6.20 Å². The summed E-state index contributed by atoms with van der Waals surface area (Å²) < 4.78 is 1.67. The lowest BCUT2D eigenvalue weighted by Gasteiger charge is -1.98. The molecule has 0 aliphatic carbocycles. The molecule has 0 saturated carbocycles. The Labute approximate surface area is 52.8 Å². The van der Waals surface area contributed by atoms with Gasteiger partial charge in [0.15, 0.2) is 5.82 Å². The third kappa shape index (κ3) is 0.996. The van der Waals surface area contributed by atoms with E-state index in [2.05, 4.69) is 15.7 Å². The van der Waals surface area contributed by atoms with Gasteiger partial charge < -0.3 is 5.43 Å². The van der Waals surface area contributed by atoms with E-state index < -0.39 is 0 Å². The van der Waals surface area contributed by atoms with Crippen LogP contribution in [0.25, 0.3) is 0 Å². The summed E-state index contributed by atoms with van der Waals surface area (Å²) in [5.41, 5.74) is 2.46. The smallest absolute Gasteiger partial charge is 0.158 e. The number of hydrogen-bond donors (Lipinski definition) is 2. The molecule has 1 aromatic heterocycles. The van der Waals surface area contributed by atoms with Crippen molar-refractivity contribution in [2.75, 3.05) is 5.43 Å². The number of hydrogen-bond acceptors (Lipinski definition) is 4. The maximum atomic E-state index is 5.12. The lowest BCUT2D eigenvalue weighted by atomic mass is 10.7. The van der Waals surface area contributed by atoms with Crippen LogP contribution in [0.3, 0.4) is 0 Å². The summed E-state index contributed by atoms with van der Waals surface area (Å²) in [6, 6.07) is 0. The molecule has 0 saturated heterocycles. The van der Waals surface area contributed by atoms with Crippen molar-refractivity contribution >= 4 is 5.82 Å². The summed E-state index contributed by atoms with van der Waals surface area (Å²) in [7, 11) is 0. The van der Waals surface area contributed by atoms with Crippen LogP contribution in [-0.2, 0) is 6.54 Å². The summed E-state index contributed by atoms with van der Waals surface area (Å²) in [5, 5.41) is 7.36. The van der Waals surface area contributed by atoms with Crippen LogP contribution in [0, 0.1) is 0 Å². The van der Waals surface area contributed by atoms with E-state index in [9.17, 15) is 0 Å². The van der Waals surface area contributed by atoms with Crippen LogP contribution in [0.5, 0.6) is 0 Å². The van der Waals surface area contributed by atoms with Crippen LogP contribution >= 0.6 is 0 Å². The molecule has 3 N–H and O–H groups in total. The van der Waals surface area contributed by atoms with Gasteiger partial charge in [0.25, 0.3) is 0 Å². The molecule has 1 heterocycles. The molecule has 0 aliphatic heterocycles. The van der Waals surface area contributed by atoms with E-state index in [0.717, 1.165) is 12.4 Å². The topological polar surface area (TPSA) is 68.8 Å². The second-order valence-electron chi connectivity index (χ2n) is 1.58. The van der Waals surface area contributed by atoms with E-state index in [1.165, 1.54) is 0 Å². The highest BCUT2D eigenvalue weighted by molar-refractivity contribution is 5.28. The quantitative estimate of drug-likeness (QED) is 0.418. The third-order valence-electron chi connectivity index (χ3n) is 1.07. The minimum absolute atomic E-state index is 0.734. The third-order valence-corrected chi connectivity index (χ3v) is 1.07. The van der Waals surface area contributed by atoms with Gasteiger partial charge >= 0.3 is 0 Å². The van der Waals surface area contributed by atoms with E-state index in [4.69, 9.17) is 5.84 Å². The molecular formula is C4H9N5. The molecule has 0 radical (unpaired) electrons. The fourth-order valence-electron chi connectivity index (χ4n) is 0.603. The van der Waals surface area contributed by atoms with E-state index in [0.29, 0.717) is 0 Å². The Morgan fingerprint density at radius 1 is 1.89 bits per heavy atom. The molecule has 1 aromatic rings. The first-order valence-corrected chi connectivity index (χ1v) is 2.73. The molecule has 50 valence electrons. The SMILES string of the molecule is CCn1nncc1NN. The molecule has 0 spiro atoms. The highest BCUT2D eigenvalue weighted by Crippen LogP contribution is 1.98. The lowest BCUT2D eigenvalue weighted by Crippen LogP contribution is -2.12. The number of aryl methyl sites for hydroxylation is 1. The standard InChI is InChI=1S/C4H9N5/c1-2-9-4(7-5)3-6-8-9/h3,7H,2,5H2,1H3. The van der Waals surface area contributed by atoms with Crippen LogP contribution in [0.2, 0.25) is 0 Å². The number of aromatic nitrogens is 3. The Bertz CT molecular complexity index is 162. The highest BCUT2D eigenvalue weighted by atomic mass is 15.5. The molecule has 0 atom stereocenters. The summed E-state index contributed by atoms with van der Waals surface area (Å²) in [6.07, 6.45) is 1.57. The largest absolute Gasteiger partial charge is 0.307 e. The lowest BCUT2D eigenvalue weighted by molar-refractivity contribution is 0.631. The minimum Gasteiger partial charge on any atom is -0.307 e. The maximum absolute atomic E-state index is 5.12.